The average Bonchev–Trinajstić information content (AvgIpc) is 3.02. The van der Waals surface area contributed by atoms with Gasteiger partial charge in [-0.2, -0.15) is 5.10 Å². The molecule has 6 heteroatoms. The summed E-state index contributed by atoms with van der Waals surface area (Å²) in [5, 5.41) is 14.4. The normalized spacial score (nSPS) is 11.0. The number of carbonyl (C=O) groups is 1. The minimum Gasteiger partial charge on any atom is -0.506 e. The molecule has 0 radical (unpaired) electrons. The molecule has 1 amide bonds. The van der Waals surface area contributed by atoms with Crippen LogP contribution in [0.15, 0.2) is 58.2 Å². The van der Waals surface area contributed by atoms with Crippen LogP contribution in [0.5, 0.6) is 5.75 Å². The van der Waals surface area contributed by atoms with E-state index in [0.717, 1.165) is 5.39 Å². The van der Waals surface area contributed by atoms with Crippen molar-refractivity contribution in [1.29, 1.82) is 0 Å². The van der Waals surface area contributed by atoms with E-state index in [1.54, 1.807) is 24.3 Å². The van der Waals surface area contributed by atoms with Crippen LogP contribution in [0.25, 0.3) is 10.9 Å². The van der Waals surface area contributed by atoms with Gasteiger partial charge in [-0.25, -0.2) is 10.4 Å². The summed E-state index contributed by atoms with van der Waals surface area (Å²) in [7, 11) is 0. The van der Waals surface area contributed by atoms with E-state index in [0.29, 0.717) is 11.2 Å². The number of phenolic OH excluding ortho intramolecular Hbond substituents is 1. The first-order valence-electron chi connectivity index (χ1n) is 6.20. The molecule has 0 spiro atoms. The van der Waals surface area contributed by atoms with E-state index in [-0.39, 0.29) is 11.5 Å². The molecule has 0 atom stereocenters. The van der Waals surface area contributed by atoms with E-state index in [1.165, 1.54) is 18.5 Å². The number of phenols is 1. The van der Waals surface area contributed by atoms with E-state index < -0.39 is 5.91 Å². The van der Waals surface area contributed by atoms with Crippen LogP contribution in [-0.4, -0.2) is 22.2 Å². The summed E-state index contributed by atoms with van der Waals surface area (Å²) in [5.41, 5.74) is 3.33. The van der Waals surface area contributed by atoms with Crippen molar-refractivity contribution in [3.05, 3.63) is 60.2 Å². The molecule has 0 aliphatic heterocycles. The van der Waals surface area contributed by atoms with Crippen molar-refractivity contribution in [2.75, 3.05) is 0 Å². The Morgan fingerprint density at radius 2 is 2.14 bits per heavy atom. The number of hydrazone groups is 1. The molecule has 104 valence electrons. The number of para-hydroxylation sites is 1. The molecule has 1 aromatic carbocycles. The quantitative estimate of drug-likeness (QED) is 0.569. The van der Waals surface area contributed by atoms with Gasteiger partial charge in [0, 0.05) is 5.39 Å². The highest BCUT2D eigenvalue weighted by Gasteiger charge is 2.06. The number of hydrogen-bond donors (Lipinski definition) is 2. The SMILES string of the molecule is O=C(N/N=C\c1ccc2cccc(O)c2n1)c1ccco1. The Bertz CT molecular complexity index is 810. The third kappa shape index (κ3) is 2.74. The molecular formula is C15H11N3O3. The molecular weight excluding hydrogens is 270 g/mol. The predicted molar refractivity (Wildman–Crippen MR) is 77.2 cm³/mol. The first-order valence-corrected chi connectivity index (χ1v) is 6.20. The van der Waals surface area contributed by atoms with Crippen LogP contribution in [0.4, 0.5) is 0 Å². The van der Waals surface area contributed by atoms with Crippen LogP contribution in [0.2, 0.25) is 0 Å². The maximum Gasteiger partial charge on any atom is 0.307 e. The van der Waals surface area contributed by atoms with E-state index in [9.17, 15) is 9.90 Å². The molecule has 21 heavy (non-hydrogen) atoms. The minimum absolute atomic E-state index is 0.0994. The highest BCUT2D eigenvalue weighted by atomic mass is 16.3. The van der Waals surface area contributed by atoms with Crippen molar-refractivity contribution in [2.24, 2.45) is 5.10 Å². The van der Waals surface area contributed by atoms with Gasteiger partial charge in [0.15, 0.2) is 5.76 Å². The zero-order valence-electron chi connectivity index (χ0n) is 10.9. The lowest BCUT2D eigenvalue weighted by atomic mass is 10.2. The van der Waals surface area contributed by atoms with Gasteiger partial charge in [0.05, 0.1) is 18.2 Å². The fraction of sp³-hybridized carbons (Fsp3) is 0. The van der Waals surface area contributed by atoms with Crippen LogP contribution in [0, 0.1) is 0 Å². The summed E-state index contributed by atoms with van der Waals surface area (Å²) in [5.74, 6) is -0.168. The van der Waals surface area contributed by atoms with Gasteiger partial charge in [-0.1, -0.05) is 18.2 Å². The maximum absolute atomic E-state index is 11.6. The Kier molecular flexibility index (Phi) is 3.34. The topological polar surface area (TPSA) is 87.7 Å². The number of amides is 1. The molecule has 6 nitrogen and oxygen atoms in total. The average molecular weight is 281 g/mol. The smallest absolute Gasteiger partial charge is 0.307 e. The Morgan fingerprint density at radius 3 is 2.95 bits per heavy atom. The monoisotopic (exact) mass is 281 g/mol. The standard InChI is InChI=1S/C15H11N3O3/c19-12-4-1-3-10-6-7-11(17-14(10)12)9-16-18-15(20)13-5-2-8-21-13/h1-9,19H,(H,18,20)/b16-9-. The zero-order chi connectivity index (χ0) is 14.7. The molecule has 3 aromatic rings. The van der Waals surface area contributed by atoms with Crippen molar-refractivity contribution in [2.45, 2.75) is 0 Å². The second-order valence-corrected chi connectivity index (χ2v) is 4.26. The third-order valence-corrected chi connectivity index (χ3v) is 2.83. The summed E-state index contributed by atoms with van der Waals surface area (Å²) in [6.07, 6.45) is 2.80. The molecule has 0 unspecified atom stereocenters. The fourth-order valence-corrected chi connectivity index (χ4v) is 1.84. The summed E-state index contributed by atoms with van der Waals surface area (Å²) < 4.78 is 4.94. The van der Waals surface area contributed by atoms with Gasteiger partial charge < -0.3 is 9.52 Å². The summed E-state index contributed by atoms with van der Waals surface area (Å²) in [6, 6.07) is 11.9. The lowest BCUT2D eigenvalue weighted by Gasteiger charge is -2.01. The van der Waals surface area contributed by atoms with Gasteiger partial charge in [-0.3, -0.25) is 4.79 Å². The van der Waals surface area contributed by atoms with Crippen LogP contribution in [0.1, 0.15) is 16.2 Å². The van der Waals surface area contributed by atoms with Crippen molar-refractivity contribution < 1.29 is 14.3 Å². The van der Waals surface area contributed by atoms with Gasteiger partial charge in [0.1, 0.15) is 11.3 Å². The highest BCUT2D eigenvalue weighted by molar-refractivity contribution is 5.92. The van der Waals surface area contributed by atoms with E-state index >= 15 is 0 Å². The number of aromatic hydroxyl groups is 1. The van der Waals surface area contributed by atoms with E-state index in [2.05, 4.69) is 15.5 Å². The number of rotatable bonds is 3. The lowest BCUT2D eigenvalue weighted by Crippen LogP contribution is -2.16. The second-order valence-electron chi connectivity index (χ2n) is 4.26. The van der Waals surface area contributed by atoms with Crippen molar-refractivity contribution >= 4 is 23.0 Å². The summed E-state index contributed by atoms with van der Waals surface area (Å²) >= 11 is 0. The molecule has 0 aliphatic carbocycles. The third-order valence-electron chi connectivity index (χ3n) is 2.83. The first-order chi connectivity index (χ1) is 10.2. The molecule has 2 N–H and O–H groups in total. The Morgan fingerprint density at radius 1 is 1.24 bits per heavy atom. The molecule has 0 saturated heterocycles. The number of fused-ring (bicyclic) bond motifs is 1. The molecule has 0 saturated carbocycles. The number of aromatic nitrogens is 1. The summed E-state index contributed by atoms with van der Waals surface area (Å²) in [4.78, 5) is 15.8. The van der Waals surface area contributed by atoms with Crippen LogP contribution >= 0.6 is 0 Å². The number of benzene rings is 1. The molecule has 2 heterocycles. The molecule has 0 aliphatic rings. The van der Waals surface area contributed by atoms with Gasteiger partial charge in [0.25, 0.3) is 0 Å². The molecule has 2 aromatic heterocycles. The van der Waals surface area contributed by atoms with Gasteiger partial charge in [-0.05, 0) is 24.3 Å². The first kappa shape index (κ1) is 12.9. The van der Waals surface area contributed by atoms with Crippen molar-refractivity contribution in [1.82, 2.24) is 10.4 Å². The van der Waals surface area contributed by atoms with Gasteiger partial charge >= 0.3 is 5.91 Å². The molecule has 0 bridgehead atoms. The number of furan rings is 1. The Hall–Kier alpha value is -3.15. The minimum atomic E-state index is -0.445. The number of pyridine rings is 1. The van der Waals surface area contributed by atoms with Crippen molar-refractivity contribution in [3.8, 4) is 5.75 Å². The van der Waals surface area contributed by atoms with Gasteiger partial charge in [0.2, 0.25) is 0 Å². The van der Waals surface area contributed by atoms with Crippen LogP contribution < -0.4 is 5.43 Å². The van der Waals surface area contributed by atoms with Gasteiger partial charge in [-0.15, -0.1) is 0 Å². The summed E-state index contributed by atoms with van der Waals surface area (Å²) in [6.45, 7) is 0. The van der Waals surface area contributed by atoms with E-state index in [1.807, 2.05) is 12.1 Å². The van der Waals surface area contributed by atoms with Crippen LogP contribution in [0.3, 0.4) is 0 Å². The predicted octanol–water partition coefficient (Wildman–Crippen LogP) is 2.30. The highest BCUT2D eigenvalue weighted by Crippen LogP contribution is 2.21. The number of hydrogen-bond acceptors (Lipinski definition) is 5. The van der Waals surface area contributed by atoms with Crippen LogP contribution in [-0.2, 0) is 0 Å². The zero-order valence-corrected chi connectivity index (χ0v) is 10.9. The number of nitrogens with one attached hydrogen (secondary N) is 1. The molecule has 3 rings (SSSR count). The Labute approximate surface area is 119 Å². The number of nitrogens with zero attached hydrogens (tertiary/aromatic N) is 2. The second kappa shape index (κ2) is 5.46. The molecule has 0 fully saturated rings. The largest absolute Gasteiger partial charge is 0.506 e. The Balaban J connectivity index is 1.77. The number of carbonyl (C=O) groups excluding carboxylic acids is 1. The van der Waals surface area contributed by atoms with E-state index in [4.69, 9.17) is 4.42 Å². The lowest BCUT2D eigenvalue weighted by molar-refractivity contribution is 0.0927. The fourth-order valence-electron chi connectivity index (χ4n) is 1.84. The van der Waals surface area contributed by atoms with Crippen molar-refractivity contribution in [3.63, 3.8) is 0 Å². The maximum atomic E-state index is 11.6.